The molecule has 0 saturated heterocycles. The van der Waals surface area contributed by atoms with E-state index >= 15 is 0 Å². The first-order valence-corrected chi connectivity index (χ1v) is 3.06. The molecule has 0 aromatic heterocycles. The summed E-state index contributed by atoms with van der Waals surface area (Å²) >= 11 is 0. The molecule has 0 aliphatic heterocycles. The van der Waals surface area contributed by atoms with E-state index in [9.17, 15) is 8.78 Å². The van der Waals surface area contributed by atoms with Crippen LogP contribution in [0.2, 0.25) is 0 Å². The van der Waals surface area contributed by atoms with Crippen LogP contribution in [-0.2, 0) is 0 Å². The van der Waals surface area contributed by atoms with Crippen LogP contribution in [0.1, 0.15) is 20.3 Å². The van der Waals surface area contributed by atoms with Crippen molar-refractivity contribution in [1.82, 2.24) is 0 Å². The molecule has 0 spiro atoms. The van der Waals surface area contributed by atoms with E-state index in [4.69, 9.17) is 5.73 Å². The lowest BCUT2D eigenvalue weighted by molar-refractivity contribution is 0.0158. The van der Waals surface area contributed by atoms with Gasteiger partial charge in [-0.1, -0.05) is 0 Å². The molecule has 2 N–H and O–H groups in total. The lowest BCUT2D eigenvalue weighted by Gasteiger charge is -2.06. The molecule has 0 rings (SSSR count). The van der Waals surface area contributed by atoms with Gasteiger partial charge in [-0.15, -0.1) is 0 Å². The third kappa shape index (κ3) is 7.33. The summed E-state index contributed by atoms with van der Waals surface area (Å²) in [6.45, 7) is 2.55. The van der Waals surface area contributed by atoms with Gasteiger partial charge in [-0.3, -0.25) is 4.99 Å². The van der Waals surface area contributed by atoms with Gasteiger partial charge in [-0.25, -0.2) is 8.78 Å². The lowest BCUT2D eigenvalue weighted by Crippen LogP contribution is -2.13. The topological polar surface area (TPSA) is 38.4 Å². The SMILES string of the molecule is CC(N)=NCCC(C)(F)F. The average molecular weight is 150 g/mol. The molecule has 0 amide bonds. The Morgan fingerprint density at radius 1 is 1.60 bits per heavy atom. The molecular formula is C6H12F2N2. The molecule has 0 bridgehead atoms. The maximum atomic E-state index is 12.1. The van der Waals surface area contributed by atoms with Crippen molar-refractivity contribution >= 4 is 5.84 Å². The van der Waals surface area contributed by atoms with Gasteiger partial charge in [0.1, 0.15) is 0 Å². The molecule has 0 atom stereocenters. The van der Waals surface area contributed by atoms with E-state index in [1.807, 2.05) is 0 Å². The van der Waals surface area contributed by atoms with Gasteiger partial charge in [0, 0.05) is 13.0 Å². The first-order chi connectivity index (χ1) is 4.42. The molecule has 0 aromatic rings. The molecule has 2 nitrogen and oxygen atoms in total. The summed E-state index contributed by atoms with van der Waals surface area (Å²) in [5.41, 5.74) is 5.13. The Morgan fingerprint density at radius 2 is 2.10 bits per heavy atom. The zero-order chi connectivity index (χ0) is 8.20. The monoisotopic (exact) mass is 150 g/mol. The van der Waals surface area contributed by atoms with E-state index in [-0.39, 0.29) is 13.0 Å². The predicted molar refractivity (Wildman–Crippen MR) is 37.4 cm³/mol. The van der Waals surface area contributed by atoms with Crippen molar-refractivity contribution in [2.75, 3.05) is 6.54 Å². The maximum absolute atomic E-state index is 12.1. The van der Waals surface area contributed by atoms with E-state index in [2.05, 4.69) is 4.99 Å². The minimum Gasteiger partial charge on any atom is -0.388 e. The third-order valence-corrected chi connectivity index (χ3v) is 0.912. The minimum absolute atomic E-state index is 0.103. The highest BCUT2D eigenvalue weighted by Crippen LogP contribution is 2.15. The molecule has 0 radical (unpaired) electrons. The molecule has 10 heavy (non-hydrogen) atoms. The van der Waals surface area contributed by atoms with Crippen LogP contribution in [0, 0.1) is 0 Å². The van der Waals surface area contributed by atoms with Crippen molar-refractivity contribution in [3.05, 3.63) is 0 Å². The van der Waals surface area contributed by atoms with Crippen LogP contribution in [0.3, 0.4) is 0 Å². The Kier molecular flexibility index (Phi) is 3.25. The standard InChI is InChI=1S/C6H12F2N2/c1-5(9)10-4-3-6(2,7)8/h3-4H2,1-2H3,(H2,9,10). The van der Waals surface area contributed by atoms with Crippen molar-refractivity contribution in [3.63, 3.8) is 0 Å². The number of halogens is 2. The van der Waals surface area contributed by atoms with Gasteiger partial charge in [-0.2, -0.15) is 0 Å². The molecule has 4 heteroatoms. The first kappa shape index (κ1) is 9.33. The van der Waals surface area contributed by atoms with Crippen molar-refractivity contribution in [2.24, 2.45) is 10.7 Å². The number of nitrogens with zero attached hydrogens (tertiary/aromatic N) is 1. The molecule has 0 fully saturated rings. The van der Waals surface area contributed by atoms with E-state index in [0.717, 1.165) is 6.92 Å². The van der Waals surface area contributed by atoms with Crippen LogP contribution in [0.4, 0.5) is 8.78 Å². The second-order valence-corrected chi connectivity index (χ2v) is 2.34. The highest BCUT2D eigenvalue weighted by molar-refractivity contribution is 5.77. The Morgan fingerprint density at radius 3 is 2.40 bits per heavy atom. The summed E-state index contributed by atoms with van der Waals surface area (Å²) in [5, 5.41) is 0. The van der Waals surface area contributed by atoms with Crippen molar-refractivity contribution in [1.29, 1.82) is 0 Å². The first-order valence-electron chi connectivity index (χ1n) is 3.06. The Hall–Kier alpha value is -0.670. The van der Waals surface area contributed by atoms with Crippen LogP contribution >= 0.6 is 0 Å². The zero-order valence-corrected chi connectivity index (χ0v) is 6.19. The Labute approximate surface area is 59.1 Å². The van der Waals surface area contributed by atoms with Gasteiger partial charge in [0.05, 0.1) is 5.84 Å². The molecule has 0 unspecified atom stereocenters. The van der Waals surface area contributed by atoms with Gasteiger partial charge in [0.2, 0.25) is 5.92 Å². The van der Waals surface area contributed by atoms with Gasteiger partial charge in [0.25, 0.3) is 0 Å². The van der Waals surface area contributed by atoms with Crippen LogP contribution < -0.4 is 5.73 Å². The highest BCUT2D eigenvalue weighted by Gasteiger charge is 2.19. The largest absolute Gasteiger partial charge is 0.388 e. The van der Waals surface area contributed by atoms with Crippen molar-refractivity contribution in [2.45, 2.75) is 26.2 Å². The minimum atomic E-state index is -2.63. The van der Waals surface area contributed by atoms with Gasteiger partial charge in [0.15, 0.2) is 0 Å². The second-order valence-electron chi connectivity index (χ2n) is 2.34. The van der Waals surface area contributed by atoms with Crippen molar-refractivity contribution in [3.8, 4) is 0 Å². The van der Waals surface area contributed by atoms with E-state index in [0.29, 0.717) is 5.84 Å². The number of nitrogens with two attached hydrogens (primary N) is 1. The fourth-order valence-electron chi connectivity index (χ4n) is 0.429. The lowest BCUT2D eigenvalue weighted by atomic mass is 10.3. The summed E-state index contributed by atoms with van der Waals surface area (Å²) in [5.74, 6) is -2.27. The van der Waals surface area contributed by atoms with Gasteiger partial charge < -0.3 is 5.73 Å². The van der Waals surface area contributed by atoms with Crippen LogP contribution in [0.15, 0.2) is 4.99 Å². The molecule has 60 valence electrons. The predicted octanol–water partition coefficient (Wildman–Crippen LogP) is 1.41. The van der Waals surface area contributed by atoms with Crippen LogP contribution in [0.5, 0.6) is 0 Å². The fraction of sp³-hybridized carbons (Fsp3) is 0.833. The number of alkyl halides is 2. The quantitative estimate of drug-likeness (QED) is 0.479. The van der Waals surface area contributed by atoms with E-state index < -0.39 is 5.92 Å². The molecule has 0 aliphatic rings. The van der Waals surface area contributed by atoms with E-state index in [1.54, 1.807) is 6.92 Å². The molecule has 0 saturated carbocycles. The molecule has 0 aliphatic carbocycles. The Balaban J connectivity index is 3.47. The number of amidine groups is 1. The summed E-state index contributed by atoms with van der Waals surface area (Å²) in [4.78, 5) is 3.62. The Bertz CT molecular complexity index is 122. The van der Waals surface area contributed by atoms with Gasteiger partial charge >= 0.3 is 0 Å². The smallest absolute Gasteiger partial charge is 0.247 e. The normalized spacial score (nSPS) is 13.8. The molecule has 0 aromatic carbocycles. The third-order valence-electron chi connectivity index (χ3n) is 0.912. The molecular weight excluding hydrogens is 138 g/mol. The second kappa shape index (κ2) is 3.49. The van der Waals surface area contributed by atoms with Gasteiger partial charge in [-0.05, 0) is 13.8 Å². The highest BCUT2D eigenvalue weighted by atomic mass is 19.3. The van der Waals surface area contributed by atoms with Crippen LogP contribution in [-0.4, -0.2) is 18.3 Å². The van der Waals surface area contributed by atoms with Crippen LogP contribution in [0.25, 0.3) is 0 Å². The van der Waals surface area contributed by atoms with Crippen molar-refractivity contribution < 1.29 is 8.78 Å². The number of hydrogen-bond donors (Lipinski definition) is 1. The summed E-state index contributed by atoms with van der Waals surface area (Å²) in [6.07, 6.45) is -0.235. The number of rotatable bonds is 3. The summed E-state index contributed by atoms with van der Waals surface area (Å²) in [6, 6.07) is 0. The summed E-state index contributed by atoms with van der Waals surface area (Å²) < 4.78 is 24.1. The molecule has 0 heterocycles. The zero-order valence-electron chi connectivity index (χ0n) is 6.19. The fourth-order valence-corrected chi connectivity index (χ4v) is 0.429. The van der Waals surface area contributed by atoms with E-state index in [1.165, 1.54) is 0 Å². The maximum Gasteiger partial charge on any atom is 0.247 e. The number of hydrogen-bond acceptors (Lipinski definition) is 1. The summed E-state index contributed by atoms with van der Waals surface area (Å²) in [7, 11) is 0. The average Bonchev–Trinajstić information content (AvgIpc) is 1.59. The number of aliphatic imine (C=N–C) groups is 1.